The number of rotatable bonds is 12. The molecule has 6 rings (SSSR count). The quantitative estimate of drug-likeness (QED) is 0.159. The zero-order valence-electron chi connectivity index (χ0n) is 27.7. The molecule has 0 bridgehead atoms. The summed E-state index contributed by atoms with van der Waals surface area (Å²) >= 11 is 0. The number of ether oxygens (including phenoxy) is 1. The second-order valence-corrected chi connectivity index (χ2v) is 11.7. The summed E-state index contributed by atoms with van der Waals surface area (Å²) < 4.78 is 6.66. The molecule has 0 unspecified atom stereocenters. The number of likely N-dealkylation sites (N-methyl/N-ethyl adjacent to an activating group) is 1. The summed E-state index contributed by atoms with van der Waals surface area (Å²) in [4.78, 5) is 41.3. The molecule has 10 nitrogen and oxygen atoms in total. The van der Waals surface area contributed by atoms with Crippen molar-refractivity contribution < 1.29 is 19.1 Å². The lowest BCUT2D eigenvalue weighted by Crippen LogP contribution is -2.49. The lowest BCUT2D eigenvalue weighted by Gasteiger charge is -2.25. The fraction of sp³-hybridized carbons (Fsp3) is 0.125. The maximum absolute atomic E-state index is 13.6. The third-order valence-electron chi connectivity index (χ3n) is 8.24. The summed E-state index contributed by atoms with van der Waals surface area (Å²) in [5.41, 5.74) is 6.22. The van der Waals surface area contributed by atoms with Crippen LogP contribution in [0.25, 0.3) is 22.4 Å². The Labute approximate surface area is 290 Å². The van der Waals surface area contributed by atoms with E-state index in [1.54, 1.807) is 68.9 Å². The number of hydrogen-bond acceptors (Lipinski definition) is 6. The van der Waals surface area contributed by atoms with E-state index in [9.17, 15) is 14.4 Å². The first-order valence-electron chi connectivity index (χ1n) is 16.1. The molecule has 0 aliphatic rings. The monoisotopic (exact) mass is 664 g/mol. The molecule has 0 saturated carbocycles. The molecule has 0 aliphatic carbocycles. The van der Waals surface area contributed by atoms with Gasteiger partial charge < -0.3 is 20.3 Å². The number of carbonyl (C=O) groups is 3. The van der Waals surface area contributed by atoms with Gasteiger partial charge in [0.05, 0.1) is 13.3 Å². The van der Waals surface area contributed by atoms with Crippen molar-refractivity contribution in [1.82, 2.24) is 20.3 Å². The van der Waals surface area contributed by atoms with Crippen LogP contribution < -0.4 is 20.3 Å². The zero-order chi connectivity index (χ0) is 34.9. The number of carbonyl (C=O) groups excluding carboxylic acids is 3. The normalized spacial score (nSPS) is 11.3. The summed E-state index contributed by atoms with van der Waals surface area (Å²) in [7, 11) is 3.26. The number of nitrogens with zero attached hydrogens (tertiary/aromatic N) is 4. The van der Waals surface area contributed by atoms with E-state index in [2.05, 4.69) is 20.9 Å². The largest absolute Gasteiger partial charge is 0.497 e. The minimum atomic E-state index is -0.815. The van der Waals surface area contributed by atoms with Crippen molar-refractivity contribution in [3.05, 3.63) is 151 Å². The molecular formula is C40H36N6O4. The Morgan fingerprint density at radius 2 is 1.38 bits per heavy atom. The van der Waals surface area contributed by atoms with Crippen LogP contribution in [0.3, 0.4) is 0 Å². The van der Waals surface area contributed by atoms with Gasteiger partial charge in [0.25, 0.3) is 5.91 Å². The number of methoxy groups -OCH3 is 1. The van der Waals surface area contributed by atoms with E-state index < -0.39 is 6.04 Å². The summed E-state index contributed by atoms with van der Waals surface area (Å²) in [6, 6.07) is 40.5. The van der Waals surface area contributed by atoms with Gasteiger partial charge in [-0.05, 0) is 65.2 Å². The van der Waals surface area contributed by atoms with Crippen LogP contribution in [0.5, 0.6) is 5.75 Å². The molecule has 50 heavy (non-hydrogen) atoms. The lowest BCUT2D eigenvalue weighted by atomic mass is 10.0. The van der Waals surface area contributed by atoms with E-state index in [-0.39, 0.29) is 24.3 Å². The highest BCUT2D eigenvalue weighted by Gasteiger charge is 2.26. The van der Waals surface area contributed by atoms with Crippen molar-refractivity contribution in [2.75, 3.05) is 24.4 Å². The molecular weight excluding hydrogens is 628 g/mol. The molecule has 250 valence electrons. The predicted molar refractivity (Wildman–Crippen MR) is 194 cm³/mol. The van der Waals surface area contributed by atoms with Crippen LogP contribution in [0.15, 0.2) is 140 Å². The second-order valence-electron chi connectivity index (χ2n) is 11.7. The van der Waals surface area contributed by atoms with Crippen LogP contribution in [0, 0.1) is 0 Å². The highest BCUT2D eigenvalue weighted by molar-refractivity contribution is 6.04. The number of nitrogens with one attached hydrogen (secondary N) is 2. The van der Waals surface area contributed by atoms with Gasteiger partial charge in [-0.3, -0.25) is 14.4 Å². The molecule has 5 aromatic carbocycles. The van der Waals surface area contributed by atoms with E-state index in [0.29, 0.717) is 34.8 Å². The number of hydrogen-bond donors (Lipinski definition) is 2. The molecule has 10 heteroatoms. The molecule has 1 heterocycles. The number of benzene rings is 5. The smallest absolute Gasteiger partial charge is 0.255 e. The van der Waals surface area contributed by atoms with Crippen molar-refractivity contribution >= 4 is 29.1 Å². The van der Waals surface area contributed by atoms with E-state index in [1.165, 1.54) is 9.58 Å². The molecule has 3 amide bonds. The SMILES string of the molecule is COc1ccc(N(C)C(=O)[C@H](Cc2ccccc2)NC(=O)Cn2cc(-c3ccc(NC(=O)c4ccc(-c5ccccc5)cc4)cc3)nn2)cc1. The minimum absolute atomic E-state index is 0.130. The fourth-order valence-electron chi connectivity index (χ4n) is 5.48. The maximum Gasteiger partial charge on any atom is 0.255 e. The summed E-state index contributed by atoms with van der Waals surface area (Å²) in [5.74, 6) is -0.176. The molecule has 0 radical (unpaired) electrons. The van der Waals surface area contributed by atoms with Gasteiger partial charge in [-0.15, -0.1) is 5.10 Å². The number of anilines is 2. The molecule has 1 atom stereocenters. The van der Waals surface area contributed by atoms with E-state index in [1.807, 2.05) is 84.9 Å². The Morgan fingerprint density at radius 1 is 0.760 bits per heavy atom. The van der Waals surface area contributed by atoms with Crippen molar-refractivity contribution in [1.29, 1.82) is 0 Å². The van der Waals surface area contributed by atoms with Crippen LogP contribution in [-0.4, -0.2) is 52.9 Å². The third kappa shape index (κ3) is 8.29. The van der Waals surface area contributed by atoms with E-state index >= 15 is 0 Å². The van der Waals surface area contributed by atoms with Crippen LogP contribution in [0.4, 0.5) is 11.4 Å². The Balaban J connectivity index is 1.07. The molecule has 1 aromatic heterocycles. The summed E-state index contributed by atoms with van der Waals surface area (Å²) in [5, 5.41) is 14.2. The average Bonchev–Trinajstić information content (AvgIpc) is 3.63. The van der Waals surface area contributed by atoms with Gasteiger partial charge in [0.15, 0.2) is 0 Å². The fourth-order valence-corrected chi connectivity index (χ4v) is 5.48. The van der Waals surface area contributed by atoms with Gasteiger partial charge in [-0.2, -0.15) is 0 Å². The van der Waals surface area contributed by atoms with E-state index in [0.717, 1.165) is 22.3 Å². The van der Waals surface area contributed by atoms with Gasteiger partial charge in [0, 0.05) is 36.0 Å². The standard InChI is InChI=1S/C40H36N6O4/c1-45(34-21-23-35(50-2)24-22-34)40(49)36(25-28-9-5-3-6-10-28)42-38(47)27-46-26-37(43-44-46)31-17-19-33(20-18-31)41-39(48)32-15-13-30(14-16-32)29-11-7-4-8-12-29/h3-24,26,36H,25,27H2,1-2H3,(H,41,48)(H,42,47)/t36-/m0/s1. The first-order valence-corrected chi connectivity index (χ1v) is 16.1. The predicted octanol–water partition coefficient (Wildman–Crippen LogP) is 6.26. The first kappa shape index (κ1) is 33.4. The lowest BCUT2D eigenvalue weighted by molar-refractivity contribution is -0.127. The molecule has 6 aromatic rings. The van der Waals surface area contributed by atoms with Crippen molar-refractivity contribution in [3.8, 4) is 28.1 Å². The van der Waals surface area contributed by atoms with Crippen molar-refractivity contribution in [3.63, 3.8) is 0 Å². The van der Waals surface area contributed by atoms with Gasteiger partial charge in [0.1, 0.15) is 24.0 Å². The maximum atomic E-state index is 13.6. The first-order chi connectivity index (χ1) is 24.4. The molecule has 0 fully saturated rings. The second kappa shape index (κ2) is 15.6. The number of aromatic nitrogens is 3. The van der Waals surface area contributed by atoms with Gasteiger partial charge in [-0.25, -0.2) is 4.68 Å². The van der Waals surface area contributed by atoms with Crippen LogP contribution in [0.1, 0.15) is 15.9 Å². The van der Waals surface area contributed by atoms with Crippen LogP contribution in [0.2, 0.25) is 0 Å². The van der Waals surface area contributed by atoms with Gasteiger partial charge in [0.2, 0.25) is 11.8 Å². The van der Waals surface area contributed by atoms with Crippen molar-refractivity contribution in [2.24, 2.45) is 0 Å². The average molecular weight is 665 g/mol. The summed E-state index contributed by atoms with van der Waals surface area (Å²) in [6.45, 7) is -0.130. The summed E-state index contributed by atoms with van der Waals surface area (Å²) in [6.07, 6.45) is 1.98. The molecule has 2 N–H and O–H groups in total. The molecule has 0 saturated heterocycles. The zero-order valence-corrected chi connectivity index (χ0v) is 27.7. The molecule has 0 spiro atoms. The minimum Gasteiger partial charge on any atom is -0.497 e. The van der Waals surface area contributed by atoms with Gasteiger partial charge in [-0.1, -0.05) is 90.1 Å². The van der Waals surface area contributed by atoms with Crippen LogP contribution >= 0.6 is 0 Å². The van der Waals surface area contributed by atoms with E-state index in [4.69, 9.17) is 4.74 Å². The highest BCUT2D eigenvalue weighted by atomic mass is 16.5. The Hall–Kier alpha value is -6.55. The Morgan fingerprint density at radius 3 is 2.04 bits per heavy atom. The highest BCUT2D eigenvalue weighted by Crippen LogP contribution is 2.23. The van der Waals surface area contributed by atoms with Gasteiger partial charge >= 0.3 is 0 Å². The number of amides is 3. The third-order valence-corrected chi connectivity index (χ3v) is 8.24. The topological polar surface area (TPSA) is 118 Å². The molecule has 0 aliphatic heterocycles. The van der Waals surface area contributed by atoms with Crippen molar-refractivity contribution in [2.45, 2.75) is 19.0 Å². The Kier molecular flexibility index (Phi) is 10.4. The Bertz CT molecular complexity index is 2050. The van der Waals surface area contributed by atoms with Crippen LogP contribution in [-0.2, 0) is 22.6 Å².